The van der Waals surface area contributed by atoms with Gasteiger partial charge >= 0.3 is 0 Å². The van der Waals surface area contributed by atoms with Gasteiger partial charge in [0.05, 0.1) is 0 Å². The molecule has 0 spiro atoms. The number of Topliss-reactive ketones (excluding diaryl/α,β-unsaturated/α-hetero) is 1. The monoisotopic (exact) mass is 369 g/mol. The second kappa shape index (κ2) is 5.81. The van der Waals surface area contributed by atoms with E-state index in [-0.39, 0.29) is 29.7 Å². The molecule has 4 nitrogen and oxygen atoms in total. The maximum absolute atomic E-state index is 11.6. The summed E-state index contributed by atoms with van der Waals surface area (Å²) in [5.41, 5.74) is 0. The van der Waals surface area contributed by atoms with Gasteiger partial charge in [0.25, 0.3) is 0 Å². The zero-order chi connectivity index (χ0) is 14.1. The summed E-state index contributed by atoms with van der Waals surface area (Å²) < 4.78 is -3.90. The summed E-state index contributed by atoms with van der Waals surface area (Å²) in [7, 11) is 0. The predicted molar refractivity (Wildman–Crippen MR) is 72.9 cm³/mol. The molecule has 0 unspecified atom stereocenters. The topological polar surface area (TPSA) is 55.7 Å². The summed E-state index contributed by atoms with van der Waals surface area (Å²) in [4.78, 5) is 22.8. The van der Waals surface area contributed by atoms with Gasteiger partial charge in [0.15, 0.2) is 23.3 Å². The van der Waals surface area contributed by atoms with Crippen molar-refractivity contribution >= 4 is 75.4 Å². The first-order valence-electron chi connectivity index (χ1n) is 4.49. The van der Waals surface area contributed by atoms with Crippen LogP contribution in [0.5, 0.6) is 0 Å². The van der Waals surface area contributed by atoms with E-state index in [0.29, 0.717) is 0 Å². The molecule has 0 aliphatic rings. The number of halogens is 6. The molecule has 0 amide bonds. The van der Waals surface area contributed by atoms with Crippen LogP contribution >= 0.6 is 69.6 Å². The summed E-state index contributed by atoms with van der Waals surface area (Å²) in [5, 5.41) is 0. The molecule has 0 atom stereocenters. The summed E-state index contributed by atoms with van der Waals surface area (Å²) in [5.74, 6) is -1.15. The predicted octanol–water partition coefficient (Wildman–Crippen LogP) is 4.12. The fourth-order valence-corrected chi connectivity index (χ4v) is 1.42. The summed E-state index contributed by atoms with van der Waals surface area (Å²) >= 11 is 33.8. The third-order valence-electron chi connectivity index (χ3n) is 1.71. The van der Waals surface area contributed by atoms with Crippen LogP contribution in [0.4, 0.5) is 0 Å². The molecule has 100 valence electrons. The standard InChI is InChI=1S/C8H5Cl6N3O/c1-2-3(18)4-15-5(7(9,10)11)17-6(16-4)8(12,13)14/h2H2,1H3. The molecule has 0 aliphatic carbocycles. The van der Waals surface area contributed by atoms with Gasteiger partial charge in [-0.15, -0.1) is 0 Å². The molecule has 1 heterocycles. The minimum atomic E-state index is -1.95. The molecule has 0 saturated carbocycles. The zero-order valence-corrected chi connectivity index (χ0v) is 13.3. The Morgan fingerprint density at radius 2 is 1.33 bits per heavy atom. The molecule has 0 aliphatic heterocycles. The van der Waals surface area contributed by atoms with Crippen molar-refractivity contribution in [3.63, 3.8) is 0 Å². The SMILES string of the molecule is CCC(=O)c1nc(C(Cl)(Cl)Cl)nc(C(Cl)(Cl)Cl)n1. The average molecular weight is 372 g/mol. The van der Waals surface area contributed by atoms with Crippen molar-refractivity contribution in [2.45, 2.75) is 20.9 Å². The fourth-order valence-electron chi connectivity index (χ4n) is 0.912. The second-order valence-corrected chi connectivity index (χ2v) is 7.64. The molecule has 0 fully saturated rings. The molecule has 1 aromatic heterocycles. The first-order chi connectivity index (χ1) is 8.05. The Morgan fingerprint density at radius 3 is 1.61 bits per heavy atom. The Balaban J connectivity index is 3.44. The Hall–Kier alpha value is 0.420. The quantitative estimate of drug-likeness (QED) is 0.579. The van der Waals surface area contributed by atoms with Crippen molar-refractivity contribution in [2.24, 2.45) is 0 Å². The molecule has 1 rings (SSSR count). The van der Waals surface area contributed by atoms with Gasteiger partial charge in [-0.2, -0.15) is 0 Å². The molecule has 0 radical (unpaired) electrons. The molecule has 0 N–H and O–H groups in total. The lowest BCUT2D eigenvalue weighted by Gasteiger charge is -2.14. The molecule has 0 aromatic carbocycles. The van der Waals surface area contributed by atoms with E-state index in [1.165, 1.54) is 0 Å². The highest BCUT2D eigenvalue weighted by molar-refractivity contribution is 6.67. The van der Waals surface area contributed by atoms with Crippen molar-refractivity contribution in [1.82, 2.24) is 15.0 Å². The molecule has 1 aromatic rings. The van der Waals surface area contributed by atoms with Gasteiger partial charge in [-0.05, 0) is 0 Å². The van der Waals surface area contributed by atoms with Crippen LogP contribution in [0.3, 0.4) is 0 Å². The highest BCUT2D eigenvalue weighted by Crippen LogP contribution is 2.39. The normalized spacial score (nSPS) is 12.6. The third-order valence-corrected chi connectivity index (χ3v) is 2.73. The van der Waals surface area contributed by atoms with Crippen LogP contribution in [0, 0.1) is 0 Å². The van der Waals surface area contributed by atoms with Gasteiger partial charge in [0.1, 0.15) is 0 Å². The van der Waals surface area contributed by atoms with E-state index in [2.05, 4.69) is 15.0 Å². The maximum atomic E-state index is 11.6. The van der Waals surface area contributed by atoms with Gasteiger partial charge in [0, 0.05) is 6.42 Å². The number of hydrogen-bond donors (Lipinski definition) is 0. The van der Waals surface area contributed by atoms with Gasteiger partial charge in [0.2, 0.25) is 7.59 Å². The van der Waals surface area contributed by atoms with Crippen LogP contribution < -0.4 is 0 Å². The van der Waals surface area contributed by atoms with Crippen molar-refractivity contribution in [3.8, 4) is 0 Å². The number of rotatable bonds is 2. The van der Waals surface area contributed by atoms with Crippen LogP contribution in [0.25, 0.3) is 0 Å². The van der Waals surface area contributed by atoms with Crippen LogP contribution in [0.1, 0.15) is 35.6 Å². The number of alkyl halides is 6. The van der Waals surface area contributed by atoms with E-state index in [1.807, 2.05) is 0 Å². The lowest BCUT2D eigenvalue weighted by Crippen LogP contribution is -2.20. The van der Waals surface area contributed by atoms with E-state index in [1.54, 1.807) is 6.92 Å². The van der Waals surface area contributed by atoms with Crippen molar-refractivity contribution in [2.75, 3.05) is 0 Å². The summed E-state index contributed by atoms with van der Waals surface area (Å²) in [6.07, 6.45) is 0.155. The van der Waals surface area contributed by atoms with Crippen molar-refractivity contribution < 1.29 is 4.79 Å². The number of hydrogen-bond acceptors (Lipinski definition) is 4. The Bertz CT molecular complexity index is 435. The lowest BCUT2D eigenvalue weighted by molar-refractivity contribution is 0.0977. The zero-order valence-electron chi connectivity index (χ0n) is 8.72. The highest BCUT2D eigenvalue weighted by Gasteiger charge is 2.34. The minimum Gasteiger partial charge on any atom is -0.291 e. The third kappa shape index (κ3) is 4.22. The van der Waals surface area contributed by atoms with Crippen LogP contribution in [-0.2, 0) is 7.59 Å². The first-order valence-corrected chi connectivity index (χ1v) is 6.76. The molecule has 0 saturated heterocycles. The van der Waals surface area contributed by atoms with Gasteiger partial charge in [-0.3, -0.25) is 4.79 Å². The van der Waals surface area contributed by atoms with E-state index < -0.39 is 7.59 Å². The molecular weight excluding hydrogens is 367 g/mol. The average Bonchev–Trinajstić information content (AvgIpc) is 2.25. The van der Waals surface area contributed by atoms with E-state index in [0.717, 1.165) is 0 Å². The van der Waals surface area contributed by atoms with E-state index in [9.17, 15) is 4.79 Å². The molecule has 18 heavy (non-hydrogen) atoms. The number of ketones is 1. The fraction of sp³-hybridized carbons (Fsp3) is 0.500. The van der Waals surface area contributed by atoms with Gasteiger partial charge < -0.3 is 0 Å². The largest absolute Gasteiger partial charge is 0.291 e. The molecule has 0 bridgehead atoms. The Morgan fingerprint density at radius 1 is 0.944 bits per heavy atom. The minimum absolute atomic E-state index is 0.155. The van der Waals surface area contributed by atoms with Crippen molar-refractivity contribution in [1.29, 1.82) is 0 Å². The molecule has 10 heteroatoms. The van der Waals surface area contributed by atoms with Crippen LogP contribution in [0.2, 0.25) is 0 Å². The summed E-state index contributed by atoms with van der Waals surface area (Å²) in [6, 6.07) is 0. The smallest absolute Gasteiger partial charge is 0.250 e. The Kier molecular flexibility index (Phi) is 5.32. The Labute approximate surface area is 133 Å². The lowest BCUT2D eigenvalue weighted by atomic mass is 10.3. The maximum Gasteiger partial charge on any atom is 0.250 e. The van der Waals surface area contributed by atoms with Crippen LogP contribution in [0.15, 0.2) is 0 Å². The highest BCUT2D eigenvalue weighted by atomic mass is 35.6. The summed E-state index contributed by atoms with van der Waals surface area (Å²) in [6.45, 7) is 1.62. The number of carbonyl (C=O) groups excluding carboxylic acids is 1. The van der Waals surface area contributed by atoms with E-state index in [4.69, 9.17) is 69.6 Å². The number of carbonyl (C=O) groups is 1. The van der Waals surface area contributed by atoms with Gasteiger partial charge in [-0.1, -0.05) is 76.5 Å². The van der Waals surface area contributed by atoms with Crippen LogP contribution in [-0.4, -0.2) is 20.7 Å². The first kappa shape index (κ1) is 16.5. The number of nitrogens with zero attached hydrogens (tertiary/aromatic N) is 3. The second-order valence-electron chi connectivity index (χ2n) is 3.08. The van der Waals surface area contributed by atoms with Crippen molar-refractivity contribution in [3.05, 3.63) is 17.5 Å². The van der Waals surface area contributed by atoms with E-state index >= 15 is 0 Å². The van der Waals surface area contributed by atoms with Gasteiger partial charge in [-0.25, -0.2) is 15.0 Å². The number of aromatic nitrogens is 3. The molecular formula is C8H5Cl6N3O.